The summed E-state index contributed by atoms with van der Waals surface area (Å²) >= 11 is 0. The van der Waals surface area contributed by atoms with Gasteiger partial charge in [-0.05, 0) is 27.2 Å². The van der Waals surface area contributed by atoms with Crippen LogP contribution in [0.3, 0.4) is 0 Å². The molecular weight excluding hydrogens is 250 g/mol. The molecule has 1 atom stereocenters. The third-order valence-electron chi connectivity index (χ3n) is 2.56. The lowest BCUT2D eigenvalue weighted by atomic mass is 10.1. The molecule has 0 rings (SSSR count). The summed E-state index contributed by atoms with van der Waals surface area (Å²) in [5.74, 6) is 0. The first-order valence-electron chi connectivity index (χ1n) is 6.21. The summed E-state index contributed by atoms with van der Waals surface area (Å²) in [6, 6.07) is 0. The summed E-state index contributed by atoms with van der Waals surface area (Å²) in [7, 11) is 3.23. The average molecular weight is 277 g/mol. The second-order valence-electron chi connectivity index (χ2n) is 4.58. The number of carbonyl (C=O) groups excluding carboxylic acids is 2. The van der Waals surface area contributed by atoms with Gasteiger partial charge in [0, 0.05) is 27.2 Å². The zero-order chi connectivity index (χ0) is 15.3. The van der Waals surface area contributed by atoms with Gasteiger partial charge in [-0.1, -0.05) is 0 Å². The molecule has 19 heavy (non-hydrogen) atoms. The van der Waals surface area contributed by atoms with Crippen molar-refractivity contribution in [1.82, 2.24) is 5.32 Å². The van der Waals surface area contributed by atoms with Gasteiger partial charge in [0.25, 0.3) is 0 Å². The number of hydrogen-bond acceptors (Lipinski definition) is 5. The molecular formula is C13H27NO5. The highest BCUT2D eigenvalue weighted by atomic mass is 16.6. The number of methoxy groups -OCH3 is 1. The van der Waals surface area contributed by atoms with Gasteiger partial charge in [-0.15, -0.1) is 0 Å². The molecule has 0 aliphatic heterocycles. The van der Waals surface area contributed by atoms with E-state index in [9.17, 15) is 4.79 Å². The highest BCUT2D eigenvalue weighted by Crippen LogP contribution is 2.15. The molecule has 1 N–H and O–H groups in total. The monoisotopic (exact) mass is 277 g/mol. The first kappa shape index (κ1) is 20.2. The Kier molecular flexibility index (Phi) is 12.7. The van der Waals surface area contributed by atoms with Crippen molar-refractivity contribution < 1.29 is 23.8 Å². The molecule has 0 heterocycles. The van der Waals surface area contributed by atoms with Gasteiger partial charge in [0.15, 0.2) is 0 Å². The molecule has 0 aromatic rings. The second kappa shape index (κ2) is 11.9. The fraction of sp³-hybridized carbons (Fsp3) is 0.846. The predicted molar refractivity (Wildman–Crippen MR) is 73.3 cm³/mol. The molecule has 114 valence electrons. The lowest BCUT2D eigenvalue weighted by Gasteiger charge is -2.25. The van der Waals surface area contributed by atoms with Crippen molar-refractivity contribution in [2.45, 2.75) is 45.3 Å². The van der Waals surface area contributed by atoms with E-state index in [2.05, 4.69) is 5.32 Å². The number of ether oxygens (including phenoxy) is 3. The van der Waals surface area contributed by atoms with Crippen molar-refractivity contribution in [3.8, 4) is 0 Å². The van der Waals surface area contributed by atoms with Crippen molar-refractivity contribution >= 4 is 12.9 Å². The van der Waals surface area contributed by atoms with Crippen molar-refractivity contribution in [1.29, 1.82) is 0 Å². The van der Waals surface area contributed by atoms with Crippen LogP contribution in [0.25, 0.3) is 0 Å². The van der Waals surface area contributed by atoms with Crippen LogP contribution in [0.4, 0.5) is 4.79 Å². The Balaban J connectivity index is 0. The van der Waals surface area contributed by atoms with Crippen LogP contribution in [0.1, 0.15) is 33.6 Å². The maximum Gasteiger partial charge on any atom is 0.406 e. The van der Waals surface area contributed by atoms with Crippen molar-refractivity contribution in [3.63, 3.8) is 0 Å². The molecule has 1 amide bonds. The Labute approximate surface area is 115 Å². The normalized spacial score (nSPS) is 12.1. The van der Waals surface area contributed by atoms with Gasteiger partial charge in [-0.2, -0.15) is 0 Å². The topological polar surface area (TPSA) is 73.9 Å². The van der Waals surface area contributed by atoms with E-state index in [0.717, 1.165) is 6.42 Å². The summed E-state index contributed by atoms with van der Waals surface area (Å²) < 4.78 is 15.8. The Bertz CT molecular complexity index is 233. The molecule has 0 aromatic heterocycles. The summed E-state index contributed by atoms with van der Waals surface area (Å²) in [6.07, 6.45) is 1.32. The van der Waals surface area contributed by atoms with Crippen molar-refractivity contribution in [2.75, 3.05) is 27.4 Å². The fourth-order valence-corrected chi connectivity index (χ4v) is 1.15. The Morgan fingerprint density at radius 3 is 2.37 bits per heavy atom. The first-order valence-corrected chi connectivity index (χ1v) is 6.21. The molecule has 0 radical (unpaired) electrons. The van der Waals surface area contributed by atoms with Gasteiger partial charge in [-0.3, -0.25) is 0 Å². The highest BCUT2D eigenvalue weighted by molar-refractivity contribution is 5.66. The second-order valence-corrected chi connectivity index (χ2v) is 4.58. The summed E-state index contributed by atoms with van der Waals surface area (Å²) in [5, 5.41) is 2.40. The van der Waals surface area contributed by atoms with E-state index >= 15 is 0 Å². The molecule has 1 unspecified atom stereocenters. The van der Waals surface area contributed by atoms with Crippen LogP contribution in [-0.4, -0.2) is 52.0 Å². The van der Waals surface area contributed by atoms with Crippen LogP contribution in [0, 0.1) is 0 Å². The molecule has 0 fully saturated rings. The van der Waals surface area contributed by atoms with Gasteiger partial charge in [-0.25, -0.2) is 4.79 Å². The number of nitrogens with one attached hydrogen (secondary N) is 1. The van der Waals surface area contributed by atoms with Crippen molar-refractivity contribution in [2.24, 2.45) is 0 Å². The lowest BCUT2D eigenvalue weighted by molar-refractivity contribution is -0.0980. The third-order valence-corrected chi connectivity index (χ3v) is 2.56. The van der Waals surface area contributed by atoms with Gasteiger partial charge < -0.3 is 24.3 Å². The van der Waals surface area contributed by atoms with Crippen LogP contribution in [-0.2, 0) is 19.0 Å². The lowest BCUT2D eigenvalue weighted by Crippen LogP contribution is -2.29. The van der Waals surface area contributed by atoms with E-state index in [4.69, 9.17) is 19.0 Å². The molecule has 6 heteroatoms. The molecule has 0 aliphatic rings. The predicted octanol–water partition coefficient (Wildman–Crippen LogP) is 1.77. The Morgan fingerprint density at radius 2 is 1.89 bits per heavy atom. The summed E-state index contributed by atoms with van der Waals surface area (Å²) in [5.41, 5.74) is -0.290. The van der Waals surface area contributed by atoms with Crippen LogP contribution < -0.4 is 5.32 Å². The molecule has 0 spiro atoms. The standard InChI is InChI=1S/C12H25NO4.CH2O/c1-10(15-5)6-8-17-12(2,3)7-9-16-11(14)13-4;1-2/h10H,6-9H2,1-5H3,(H,13,14);1H2. The summed E-state index contributed by atoms with van der Waals surface area (Å²) in [6.45, 7) is 8.97. The minimum atomic E-state index is -0.409. The largest absolute Gasteiger partial charge is 0.449 e. The Morgan fingerprint density at radius 1 is 1.32 bits per heavy atom. The summed E-state index contributed by atoms with van der Waals surface area (Å²) in [4.78, 5) is 18.8. The zero-order valence-corrected chi connectivity index (χ0v) is 12.7. The molecule has 0 aliphatic carbocycles. The number of amides is 1. The molecule has 0 saturated carbocycles. The highest BCUT2D eigenvalue weighted by Gasteiger charge is 2.19. The van der Waals surface area contributed by atoms with E-state index in [-0.39, 0.29) is 11.7 Å². The number of alkyl carbamates (subject to hydrolysis) is 1. The van der Waals surface area contributed by atoms with Gasteiger partial charge in [0.2, 0.25) is 0 Å². The smallest absolute Gasteiger partial charge is 0.406 e. The van der Waals surface area contributed by atoms with Crippen molar-refractivity contribution in [3.05, 3.63) is 0 Å². The van der Waals surface area contributed by atoms with E-state index in [1.54, 1.807) is 7.11 Å². The van der Waals surface area contributed by atoms with Gasteiger partial charge >= 0.3 is 6.09 Å². The fourth-order valence-electron chi connectivity index (χ4n) is 1.15. The van der Waals surface area contributed by atoms with Crippen LogP contribution in [0.5, 0.6) is 0 Å². The maximum absolute atomic E-state index is 10.8. The minimum absolute atomic E-state index is 0.202. The van der Waals surface area contributed by atoms with E-state index < -0.39 is 6.09 Å². The average Bonchev–Trinajstić information content (AvgIpc) is 2.40. The third kappa shape index (κ3) is 13.1. The molecule has 0 aromatic carbocycles. The van der Waals surface area contributed by atoms with Gasteiger partial charge in [0.05, 0.1) is 18.3 Å². The molecule has 0 bridgehead atoms. The van der Waals surface area contributed by atoms with Crippen LogP contribution in [0.15, 0.2) is 0 Å². The zero-order valence-electron chi connectivity index (χ0n) is 12.7. The van der Waals surface area contributed by atoms with E-state index in [0.29, 0.717) is 19.6 Å². The van der Waals surface area contributed by atoms with Gasteiger partial charge in [0.1, 0.15) is 6.79 Å². The van der Waals surface area contributed by atoms with E-state index in [1.807, 2.05) is 27.6 Å². The number of hydrogen-bond donors (Lipinski definition) is 1. The first-order chi connectivity index (χ1) is 8.91. The van der Waals surface area contributed by atoms with Crippen LogP contribution >= 0.6 is 0 Å². The SMILES string of the molecule is C=O.CNC(=O)OCCC(C)(C)OCCC(C)OC. The number of rotatable bonds is 8. The van der Waals surface area contributed by atoms with Crippen LogP contribution in [0.2, 0.25) is 0 Å². The minimum Gasteiger partial charge on any atom is -0.449 e. The van der Waals surface area contributed by atoms with E-state index in [1.165, 1.54) is 7.05 Å². The Hall–Kier alpha value is -1.14. The molecule has 6 nitrogen and oxygen atoms in total. The number of carbonyl (C=O) groups is 2. The quantitative estimate of drug-likeness (QED) is 0.732. The molecule has 0 saturated heterocycles. The maximum atomic E-state index is 10.8.